The summed E-state index contributed by atoms with van der Waals surface area (Å²) >= 11 is 0. The van der Waals surface area contributed by atoms with Crippen LogP contribution in [0.2, 0.25) is 0 Å². The molecule has 0 aliphatic carbocycles. The average molecular weight is 437 g/mol. The maximum atomic E-state index is 11.4. The molecule has 3 unspecified atom stereocenters. The zero-order valence-electron chi connectivity index (χ0n) is 18.7. The molecule has 0 saturated heterocycles. The Morgan fingerprint density at radius 3 is 2.19 bits per heavy atom. The van der Waals surface area contributed by atoms with E-state index in [2.05, 4.69) is 0 Å². The maximum Gasteiger partial charge on any atom is 0.305 e. The minimum Gasteiger partial charge on any atom is -0.463 e. The first kappa shape index (κ1) is 29.0. The van der Waals surface area contributed by atoms with Gasteiger partial charge in [0.25, 0.3) is 0 Å². The van der Waals surface area contributed by atoms with E-state index in [0.29, 0.717) is 19.3 Å². The first-order chi connectivity index (χ1) is 15.0. The summed E-state index contributed by atoms with van der Waals surface area (Å²) in [6.07, 6.45) is 22.9. The Morgan fingerprint density at radius 2 is 1.55 bits per heavy atom. The van der Waals surface area contributed by atoms with Crippen LogP contribution in [-0.2, 0) is 9.53 Å². The number of carbonyl (C=O) groups excluding carboxylic acids is 1. The normalized spacial score (nSPS) is 15.6. The average Bonchev–Trinajstić information content (AvgIpc) is 2.77. The molecular weight excluding hydrogens is 396 g/mol. The van der Waals surface area contributed by atoms with E-state index in [1.165, 1.54) is 0 Å². The van der Waals surface area contributed by atoms with Crippen LogP contribution in [0.15, 0.2) is 60.8 Å². The monoisotopic (exact) mass is 436 g/mol. The molecule has 0 aromatic rings. The van der Waals surface area contributed by atoms with Crippen LogP contribution in [0.3, 0.4) is 0 Å². The molecule has 6 heteroatoms. The Hall–Kier alpha value is -1.99. The molecule has 0 saturated carbocycles. The molecular formula is C25H40O6. The quantitative estimate of drug-likeness (QED) is 0.113. The van der Waals surface area contributed by atoms with Crippen molar-refractivity contribution in [3.05, 3.63) is 60.8 Å². The van der Waals surface area contributed by atoms with E-state index < -0.39 is 18.8 Å². The lowest BCUT2D eigenvalue weighted by Crippen LogP contribution is -2.21. The first-order valence-electron chi connectivity index (χ1n) is 11.1. The van der Waals surface area contributed by atoms with E-state index in [4.69, 9.17) is 14.9 Å². The fourth-order valence-corrected chi connectivity index (χ4v) is 2.37. The smallest absolute Gasteiger partial charge is 0.305 e. The van der Waals surface area contributed by atoms with Crippen LogP contribution < -0.4 is 0 Å². The topological polar surface area (TPSA) is 107 Å². The van der Waals surface area contributed by atoms with Crippen molar-refractivity contribution >= 4 is 5.97 Å². The third kappa shape index (κ3) is 21.0. The van der Waals surface area contributed by atoms with Crippen LogP contribution in [0.5, 0.6) is 0 Å². The van der Waals surface area contributed by atoms with Crippen molar-refractivity contribution in [2.75, 3.05) is 13.2 Å². The number of aliphatic hydroxyl groups excluding tert-OH is 4. The molecule has 0 aliphatic heterocycles. The largest absolute Gasteiger partial charge is 0.463 e. The molecule has 0 aromatic carbocycles. The number of esters is 1. The number of carbonyl (C=O) groups is 1. The summed E-state index contributed by atoms with van der Waals surface area (Å²) < 4.78 is 4.83. The lowest BCUT2D eigenvalue weighted by Gasteiger charge is -2.08. The van der Waals surface area contributed by atoms with Crippen LogP contribution in [-0.4, -0.2) is 57.9 Å². The fraction of sp³-hybridized carbons (Fsp3) is 0.560. The Bertz CT molecular complexity index is 577. The molecule has 0 fully saturated rings. The number of rotatable bonds is 18. The number of unbranched alkanes of at least 4 members (excludes halogenated alkanes) is 3. The van der Waals surface area contributed by atoms with Crippen molar-refractivity contribution < 1.29 is 30.0 Å². The van der Waals surface area contributed by atoms with Crippen LogP contribution in [0.25, 0.3) is 0 Å². The zero-order valence-corrected chi connectivity index (χ0v) is 18.7. The van der Waals surface area contributed by atoms with Gasteiger partial charge in [-0.2, -0.15) is 0 Å². The van der Waals surface area contributed by atoms with Crippen molar-refractivity contribution in [2.45, 2.75) is 76.6 Å². The fourth-order valence-electron chi connectivity index (χ4n) is 2.37. The third-order valence-corrected chi connectivity index (χ3v) is 4.29. The van der Waals surface area contributed by atoms with Gasteiger partial charge in [0.2, 0.25) is 0 Å². The van der Waals surface area contributed by atoms with E-state index in [9.17, 15) is 15.0 Å². The first-order valence-corrected chi connectivity index (χ1v) is 11.1. The molecule has 31 heavy (non-hydrogen) atoms. The van der Waals surface area contributed by atoms with E-state index in [0.717, 1.165) is 32.1 Å². The van der Waals surface area contributed by atoms with Crippen LogP contribution in [0, 0.1) is 0 Å². The molecule has 0 amide bonds. The standard InChI is InChI=1S/C25H40O6/c1-2-22(27)16-12-8-4-3-5-9-13-17-23(28)18-14-10-6-7-11-15-19-25(30)31-21-24(29)20-26/h4-5,8-10,12-14,16-17,22-24,26-29H,2-3,6-7,11,15,18-21H2,1H3/b8-4-,9-5-,14-10-,16-12+,17-13-. The highest BCUT2D eigenvalue weighted by Gasteiger charge is 2.07. The van der Waals surface area contributed by atoms with E-state index in [-0.39, 0.29) is 18.7 Å². The van der Waals surface area contributed by atoms with Gasteiger partial charge in [-0.25, -0.2) is 0 Å². The van der Waals surface area contributed by atoms with Gasteiger partial charge in [-0.15, -0.1) is 0 Å². The summed E-state index contributed by atoms with van der Waals surface area (Å²) in [7, 11) is 0. The number of aliphatic hydroxyl groups is 4. The molecule has 176 valence electrons. The summed E-state index contributed by atoms with van der Waals surface area (Å²) in [5.41, 5.74) is 0. The van der Waals surface area contributed by atoms with Gasteiger partial charge in [-0.3, -0.25) is 4.79 Å². The minimum atomic E-state index is -1.01. The second kappa shape index (κ2) is 21.2. The molecule has 4 N–H and O–H groups in total. The predicted octanol–water partition coefficient (Wildman–Crippen LogP) is 3.53. The Labute approximate surface area is 187 Å². The Balaban J connectivity index is 3.70. The predicted molar refractivity (Wildman–Crippen MR) is 124 cm³/mol. The lowest BCUT2D eigenvalue weighted by molar-refractivity contribution is -0.147. The van der Waals surface area contributed by atoms with Gasteiger partial charge >= 0.3 is 5.97 Å². The highest BCUT2D eigenvalue weighted by atomic mass is 16.5. The van der Waals surface area contributed by atoms with Gasteiger partial charge in [-0.1, -0.05) is 74.1 Å². The second-order valence-corrected chi connectivity index (χ2v) is 7.23. The summed E-state index contributed by atoms with van der Waals surface area (Å²) in [4.78, 5) is 11.4. The van der Waals surface area contributed by atoms with Gasteiger partial charge in [0.05, 0.1) is 18.8 Å². The molecule has 3 atom stereocenters. The van der Waals surface area contributed by atoms with Crippen molar-refractivity contribution in [2.24, 2.45) is 0 Å². The number of allylic oxidation sites excluding steroid dienone is 7. The Morgan fingerprint density at radius 1 is 0.871 bits per heavy atom. The molecule has 0 bridgehead atoms. The van der Waals surface area contributed by atoms with Crippen molar-refractivity contribution in [3.8, 4) is 0 Å². The molecule has 0 spiro atoms. The van der Waals surface area contributed by atoms with Crippen molar-refractivity contribution in [3.63, 3.8) is 0 Å². The molecule has 0 aliphatic rings. The van der Waals surface area contributed by atoms with Crippen molar-refractivity contribution in [1.29, 1.82) is 0 Å². The van der Waals surface area contributed by atoms with Gasteiger partial charge in [0, 0.05) is 6.42 Å². The highest BCUT2D eigenvalue weighted by molar-refractivity contribution is 5.69. The highest BCUT2D eigenvalue weighted by Crippen LogP contribution is 2.06. The van der Waals surface area contributed by atoms with E-state index in [1.54, 1.807) is 12.2 Å². The van der Waals surface area contributed by atoms with E-state index >= 15 is 0 Å². The number of hydrogen-bond donors (Lipinski definition) is 4. The SMILES string of the molecule is CCC(O)/C=C/C=C\C/C=C\C=C/C(O)C/C=C\CCCCCC(=O)OCC(O)CO. The number of hydrogen-bond acceptors (Lipinski definition) is 6. The second-order valence-electron chi connectivity index (χ2n) is 7.23. The summed E-state index contributed by atoms with van der Waals surface area (Å²) in [6.45, 7) is 1.35. The maximum absolute atomic E-state index is 11.4. The van der Waals surface area contributed by atoms with Crippen LogP contribution in [0.4, 0.5) is 0 Å². The zero-order chi connectivity index (χ0) is 23.2. The van der Waals surface area contributed by atoms with Crippen molar-refractivity contribution in [1.82, 2.24) is 0 Å². The summed E-state index contributed by atoms with van der Waals surface area (Å²) in [5, 5.41) is 37.0. The van der Waals surface area contributed by atoms with Crippen LogP contribution >= 0.6 is 0 Å². The van der Waals surface area contributed by atoms with E-state index in [1.807, 2.05) is 55.5 Å². The molecule has 0 rings (SSSR count). The summed E-state index contributed by atoms with van der Waals surface area (Å²) in [5.74, 6) is -0.355. The van der Waals surface area contributed by atoms with Gasteiger partial charge in [-0.05, 0) is 38.5 Å². The molecule has 0 heterocycles. The number of ether oxygens (including phenoxy) is 1. The lowest BCUT2D eigenvalue weighted by atomic mass is 10.1. The van der Waals surface area contributed by atoms with Gasteiger partial charge < -0.3 is 25.2 Å². The Kier molecular flexibility index (Phi) is 19.9. The molecule has 0 radical (unpaired) electrons. The van der Waals surface area contributed by atoms with Gasteiger partial charge in [0.1, 0.15) is 12.7 Å². The third-order valence-electron chi connectivity index (χ3n) is 4.29. The molecule has 6 nitrogen and oxygen atoms in total. The molecule has 0 aromatic heterocycles. The van der Waals surface area contributed by atoms with Crippen LogP contribution in [0.1, 0.15) is 58.3 Å². The minimum absolute atomic E-state index is 0.163. The summed E-state index contributed by atoms with van der Waals surface area (Å²) in [6, 6.07) is 0. The van der Waals surface area contributed by atoms with Gasteiger partial charge in [0.15, 0.2) is 0 Å².